The molecule has 0 saturated heterocycles. The van der Waals surface area contributed by atoms with E-state index in [4.69, 9.17) is 31.2 Å². The number of hydrogen-bond acceptors (Lipinski definition) is 6. The summed E-state index contributed by atoms with van der Waals surface area (Å²) in [4.78, 5) is 39.4. The predicted octanol–water partition coefficient (Wildman–Crippen LogP) is 1.02. The average molecular weight is 271 g/mol. The van der Waals surface area contributed by atoms with E-state index >= 15 is 0 Å². The molecule has 1 aromatic heterocycles. The summed E-state index contributed by atoms with van der Waals surface area (Å²) in [5.74, 6) is 0.288. The second-order valence-corrected chi connectivity index (χ2v) is 5.68. The first-order valence-corrected chi connectivity index (χ1v) is 6.74. The van der Waals surface area contributed by atoms with E-state index in [0.29, 0.717) is 5.02 Å². The third-order valence-corrected chi connectivity index (χ3v) is 4.04. The van der Waals surface area contributed by atoms with E-state index in [2.05, 4.69) is 10.3 Å². The van der Waals surface area contributed by atoms with Crippen LogP contribution in [0.5, 0.6) is 0 Å². The third kappa shape index (κ3) is 4.13. The number of anilines is 1. The van der Waals surface area contributed by atoms with Gasteiger partial charge in [0, 0.05) is 6.20 Å². The molecule has 0 aromatic carbocycles. The van der Waals surface area contributed by atoms with E-state index < -0.39 is 22.3 Å². The lowest BCUT2D eigenvalue weighted by molar-refractivity contribution is 0.454. The molecule has 0 radical (unpaired) electrons. The van der Waals surface area contributed by atoms with Crippen LogP contribution in [0.15, 0.2) is 18.3 Å². The first kappa shape index (κ1) is 13.0. The summed E-state index contributed by atoms with van der Waals surface area (Å²) in [5, 5.41) is 2.93. The van der Waals surface area contributed by atoms with Crippen molar-refractivity contribution in [1.82, 2.24) is 4.98 Å². The molecule has 5 N–H and O–H groups in total. The quantitative estimate of drug-likeness (QED) is 0.523. The number of halogens is 1. The molecule has 84 valence electrons. The summed E-state index contributed by atoms with van der Waals surface area (Å²) in [5.41, 5.74) is -1.20. The van der Waals surface area contributed by atoms with Crippen LogP contribution in [-0.4, -0.2) is 30.1 Å². The first-order chi connectivity index (χ1) is 7.00. The molecular weight excluding hydrogens is 261 g/mol. The second-order valence-electron chi connectivity index (χ2n) is 2.52. The van der Waals surface area contributed by atoms with Crippen molar-refractivity contribution < 1.29 is 19.6 Å². The van der Waals surface area contributed by atoms with Gasteiger partial charge in [-0.2, -0.15) is 0 Å². The van der Waals surface area contributed by atoms with Crippen LogP contribution >= 0.6 is 28.4 Å². The van der Waals surface area contributed by atoms with Crippen molar-refractivity contribution in [2.24, 2.45) is 0 Å². The maximum absolute atomic E-state index is 8.90. The van der Waals surface area contributed by atoms with Crippen molar-refractivity contribution >= 4 is 34.2 Å². The number of rotatable bonds is 4. The number of aromatic nitrogens is 1. The van der Waals surface area contributed by atoms with Gasteiger partial charge in [-0.3, -0.25) is 0 Å². The van der Waals surface area contributed by atoms with Gasteiger partial charge in [-0.15, -0.1) is 0 Å². The Bertz CT molecular complexity index is 303. The topological polar surface area (TPSA) is 106 Å². The Kier molecular flexibility index (Phi) is 5.09. The van der Waals surface area contributed by atoms with Gasteiger partial charge in [0.2, 0.25) is 0 Å². The minimum absolute atomic E-state index is 0.288. The maximum Gasteiger partial charge on any atom is 0.198 e. The van der Waals surface area contributed by atoms with Gasteiger partial charge in [0.1, 0.15) is 5.82 Å². The van der Waals surface area contributed by atoms with Gasteiger partial charge in [0.05, 0.1) is 5.02 Å². The van der Waals surface area contributed by atoms with Crippen molar-refractivity contribution in [2.75, 3.05) is 5.32 Å². The number of hydrogen-bond donors (Lipinski definition) is 5. The van der Waals surface area contributed by atoms with Crippen LogP contribution in [0.3, 0.4) is 0 Å². The van der Waals surface area contributed by atoms with Crippen molar-refractivity contribution in [2.45, 2.75) is 5.52 Å². The van der Waals surface area contributed by atoms with Gasteiger partial charge in [0.25, 0.3) is 0 Å². The summed E-state index contributed by atoms with van der Waals surface area (Å²) in [6, 6.07) is 3.04. The predicted molar refractivity (Wildman–Crippen MR) is 59.4 cm³/mol. The van der Waals surface area contributed by atoms with Crippen LogP contribution in [0, 0.1) is 0 Å². The molecule has 0 aliphatic rings. The monoisotopic (exact) mass is 270 g/mol. The van der Waals surface area contributed by atoms with Crippen LogP contribution in [0.2, 0.25) is 5.02 Å². The Balaban J connectivity index is 2.70. The van der Waals surface area contributed by atoms with Gasteiger partial charge in [-0.25, -0.2) is 4.98 Å². The maximum atomic E-state index is 8.90. The highest BCUT2D eigenvalue weighted by molar-refractivity contribution is 7.64. The highest BCUT2D eigenvalue weighted by atomic mass is 35.5. The zero-order valence-electron chi connectivity index (χ0n) is 7.32. The molecule has 0 unspecified atom stereocenters. The lowest BCUT2D eigenvalue weighted by atomic mass is 10.5. The fourth-order valence-electron chi connectivity index (χ4n) is 0.801. The molecule has 0 bridgehead atoms. The number of nitrogens with one attached hydrogen (secondary N) is 1. The largest absolute Gasteiger partial charge is 0.352 e. The van der Waals surface area contributed by atoms with Gasteiger partial charge < -0.3 is 24.9 Å². The average Bonchev–Trinajstić information content (AvgIpc) is 2.15. The van der Waals surface area contributed by atoms with Crippen molar-refractivity contribution in [3.63, 3.8) is 0 Å². The zero-order valence-corrected chi connectivity index (χ0v) is 9.86. The molecule has 0 saturated carbocycles. The number of pyridine rings is 1. The highest BCUT2D eigenvalue weighted by Gasteiger charge is 2.26. The Hall–Kier alpha value is -0.0600. The molecule has 0 fully saturated rings. The lowest BCUT2D eigenvalue weighted by Gasteiger charge is -2.20. The Labute approximate surface area is 93.4 Å². The minimum Gasteiger partial charge on any atom is -0.352 e. The van der Waals surface area contributed by atoms with E-state index in [1.54, 1.807) is 6.07 Å². The lowest BCUT2D eigenvalue weighted by Crippen LogP contribution is -2.15. The van der Waals surface area contributed by atoms with E-state index in [9.17, 15) is 0 Å². The Morgan fingerprint density at radius 3 is 2.20 bits per heavy atom. The van der Waals surface area contributed by atoms with Gasteiger partial charge in [-0.05, 0) is 12.1 Å². The molecule has 0 spiro atoms. The first-order valence-electron chi connectivity index (χ1n) is 3.73. The number of nitrogens with zero attached hydrogens (tertiary/aromatic N) is 1. The molecule has 15 heavy (non-hydrogen) atoms. The molecule has 0 amide bonds. The molecule has 0 aliphatic heterocycles. The summed E-state index contributed by atoms with van der Waals surface area (Å²) in [6.07, 6.45) is 1.36. The van der Waals surface area contributed by atoms with Crippen LogP contribution < -0.4 is 5.32 Å². The third-order valence-electron chi connectivity index (χ3n) is 1.44. The molecule has 6 nitrogen and oxygen atoms in total. The van der Waals surface area contributed by atoms with Crippen LogP contribution in [0.25, 0.3) is 0 Å². The van der Waals surface area contributed by atoms with Crippen molar-refractivity contribution in [3.8, 4) is 0 Å². The molecular formula is C6H9ClN2O4P2. The fraction of sp³-hybridized carbons (Fsp3) is 0.167. The van der Waals surface area contributed by atoms with Gasteiger partial charge >= 0.3 is 0 Å². The molecule has 0 aliphatic carbocycles. The standard InChI is InChI=1S/C6H9ClN2O4P2/c7-4-1-2-5(8-3-4)9-6(14(10)11)15(12)13/h1-3,6,10-13H,(H,8,9). The minimum atomic E-state index is -2.49. The molecule has 1 heterocycles. The van der Waals surface area contributed by atoms with Crippen LogP contribution in [0.1, 0.15) is 0 Å². The van der Waals surface area contributed by atoms with Crippen molar-refractivity contribution in [1.29, 1.82) is 0 Å². The second kappa shape index (κ2) is 5.87. The van der Waals surface area contributed by atoms with Crippen LogP contribution in [0.4, 0.5) is 5.82 Å². The molecule has 9 heteroatoms. The summed E-state index contributed by atoms with van der Waals surface area (Å²) in [6.45, 7) is 0. The zero-order chi connectivity index (χ0) is 11.4. The summed E-state index contributed by atoms with van der Waals surface area (Å²) < 4.78 is 0. The Morgan fingerprint density at radius 2 is 1.80 bits per heavy atom. The van der Waals surface area contributed by atoms with E-state index in [1.807, 2.05) is 0 Å². The van der Waals surface area contributed by atoms with Gasteiger partial charge in [-0.1, -0.05) is 11.6 Å². The molecule has 1 rings (SSSR count). The van der Waals surface area contributed by atoms with Crippen molar-refractivity contribution in [3.05, 3.63) is 23.4 Å². The normalized spacial score (nSPS) is 11.5. The van der Waals surface area contributed by atoms with E-state index in [0.717, 1.165) is 0 Å². The summed E-state index contributed by atoms with van der Waals surface area (Å²) >= 11 is 5.59. The summed E-state index contributed by atoms with van der Waals surface area (Å²) in [7, 11) is -4.98. The smallest absolute Gasteiger partial charge is 0.198 e. The highest BCUT2D eigenvalue weighted by Crippen LogP contribution is 2.48. The molecule has 0 atom stereocenters. The van der Waals surface area contributed by atoms with Gasteiger partial charge in [0.15, 0.2) is 22.3 Å². The fourth-order valence-corrected chi connectivity index (χ4v) is 2.15. The van der Waals surface area contributed by atoms with Crippen LogP contribution in [-0.2, 0) is 0 Å². The molecule has 1 aromatic rings. The van der Waals surface area contributed by atoms with E-state index in [1.165, 1.54) is 12.3 Å². The SMILES string of the molecule is OP(O)C(Nc1ccc(Cl)cn1)P(O)O. The van der Waals surface area contributed by atoms with E-state index in [-0.39, 0.29) is 5.82 Å². The Morgan fingerprint density at radius 1 is 1.20 bits per heavy atom.